The van der Waals surface area contributed by atoms with Gasteiger partial charge in [-0.15, -0.1) is 5.53 Å². The maximum atomic E-state index is 3.58. The second kappa shape index (κ2) is 8.87. The van der Waals surface area contributed by atoms with Crippen molar-refractivity contribution in [3.63, 3.8) is 0 Å². The van der Waals surface area contributed by atoms with E-state index in [1.807, 2.05) is 0 Å². The second-order valence-corrected chi connectivity index (χ2v) is 10.6. The first-order valence-electron chi connectivity index (χ1n) is 12.3. The van der Waals surface area contributed by atoms with Gasteiger partial charge in [0.25, 0.3) is 0 Å². The third-order valence-electron chi connectivity index (χ3n) is 6.78. The summed E-state index contributed by atoms with van der Waals surface area (Å²) >= 11 is 0. The molecule has 0 fully saturated rings. The van der Waals surface area contributed by atoms with Crippen molar-refractivity contribution in [2.24, 2.45) is 0 Å². The van der Waals surface area contributed by atoms with Gasteiger partial charge in [0.2, 0.25) is 0 Å². The number of aryl methyl sites for hydroxylation is 3. The molecule has 0 atom stereocenters. The highest BCUT2D eigenvalue weighted by Gasteiger charge is 2.30. The Bertz CT molecular complexity index is 1110. The maximum absolute atomic E-state index is 3.58. The largest absolute Gasteiger partial charge is 0.264 e. The van der Waals surface area contributed by atoms with Crippen LogP contribution in [-0.2, 0) is 0 Å². The van der Waals surface area contributed by atoms with Crippen molar-refractivity contribution >= 4 is 11.3 Å². The van der Waals surface area contributed by atoms with Crippen molar-refractivity contribution in [3.8, 4) is 0 Å². The van der Waals surface area contributed by atoms with Gasteiger partial charge in [-0.1, -0.05) is 77.4 Å². The van der Waals surface area contributed by atoms with Crippen LogP contribution >= 0.6 is 0 Å². The van der Waals surface area contributed by atoms with Gasteiger partial charge in [-0.3, -0.25) is 10.0 Å². The first kappa shape index (κ1) is 23.4. The SMILES string of the molecule is Cc1cc(C)c(N2C=C3C(c4c(C(C)C)cc(C(C)C)cc4C(C)C)=CC=CN3N2)c(C)c1. The summed E-state index contributed by atoms with van der Waals surface area (Å²) in [6.07, 6.45) is 8.80. The third kappa shape index (κ3) is 4.27. The van der Waals surface area contributed by atoms with E-state index in [2.05, 4.69) is 127 Å². The predicted molar refractivity (Wildman–Crippen MR) is 142 cm³/mol. The highest BCUT2D eigenvalue weighted by molar-refractivity contribution is 5.86. The van der Waals surface area contributed by atoms with E-state index in [4.69, 9.17) is 0 Å². The first-order valence-corrected chi connectivity index (χ1v) is 12.3. The van der Waals surface area contributed by atoms with E-state index in [0.717, 1.165) is 0 Å². The number of allylic oxidation sites excluding steroid dienone is 3. The van der Waals surface area contributed by atoms with Crippen LogP contribution in [0.3, 0.4) is 0 Å². The topological polar surface area (TPSA) is 18.5 Å². The van der Waals surface area contributed by atoms with E-state index >= 15 is 0 Å². The summed E-state index contributed by atoms with van der Waals surface area (Å²) in [5, 5.41) is 4.33. The summed E-state index contributed by atoms with van der Waals surface area (Å²) in [5.41, 5.74) is 16.8. The van der Waals surface area contributed by atoms with Gasteiger partial charge in [0.1, 0.15) is 0 Å². The van der Waals surface area contributed by atoms with Gasteiger partial charge < -0.3 is 0 Å². The Balaban J connectivity index is 1.88. The fourth-order valence-corrected chi connectivity index (χ4v) is 5.15. The lowest BCUT2D eigenvalue weighted by molar-refractivity contribution is 0.382. The molecule has 33 heavy (non-hydrogen) atoms. The molecular weight excluding hydrogens is 402 g/mol. The van der Waals surface area contributed by atoms with Gasteiger partial charge in [0.05, 0.1) is 11.4 Å². The van der Waals surface area contributed by atoms with E-state index in [-0.39, 0.29) is 0 Å². The molecule has 0 spiro atoms. The number of hydrogen-bond acceptors (Lipinski definition) is 3. The molecule has 0 unspecified atom stereocenters. The lowest BCUT2D eigenvalue weighted by atomic mass is 9.80. The second-order valence-electron chi connectivity index (χ2n) is 10.6. The van der Waals surface area contributed by atoms with E-state index in [0.29, 0.717) is 17.8 Å². The summed E-state index contributed by atoms with van der Waals surface area (Å²) in [6, 6.07) is 9.39. The average Bonchev–Trinajstić information content (AvgIpc) is 3.15. The average molecular weight is 442 g/mol. The molecule has 3 nitrogen and oxygen atoms in total. The molecule has 4 rings (SSSR count). The zero-order valence-corrected chi connectivity index (χ0v) is 21.7. The van der Waals surface area contributed by atoms with Crippen LogP contribution in [0.25, 0.3) is 5.57 Å². The van der Waals surface area contributed by atoms with Gasteiger partial charge >= 0.3 is 0 Å². The number of hydrazine groups is 2. The first-order chi connectivity index (χ1) is 15.6. The standard InChI is InChI=1S/C30H39N3/c1-18(2)24-15-26(19(3)4)29(27(16-24)20(5)6)25-11-10-12-32-28(25)17-33(31-32)30-22(8)13-21(7)14-23(30)9/h10-20,31H,1-9H3. The molecule has 2 aliphatic heterocycles. The fourth-order valence-electron chi connectivity index (χ4n) is 5.15. The molecule has 0 aliphatic carbocycles. The summed E-state index contributed by atoms with van der Waals surface area (Å²) in [4.78, 5) is 0. The number of rotatable bonds is 5. The lowest BCUT2D eigenvalue weighted by Crippen LogP contribution is -2.38. The van der Waals surface area contributed by atoms with E-state index in [1.165, 1.54) is 55.9 Å². The van der Waals surface area contributed by atoms with Crippen molar-refractivity contribution in [2.45, 2.75) is 80.1 Å². The normalized spacial score (nSPS) is 15.6. The quantitative estimate of drug-likeness (QED) is 0.507. The van der Waals surface area contributed by atoms with Gasteiger partial charge in [-0.25, -0.2) is 0 Å². The van der Waals surface area contributed by atoms with Crippen LogP contribution in [0.2, 0.25) is 0 Å². The number of nitrogens with one attached hydrogen (secondary N) is 1. The number of nitrogens with zero attached hydrogens (tertiary/aromatic N) is 2. The zero-order valence-electron chi connectivity index (χ0n) is 21.7. The molecule has 2 aromatic rings. The molecule has 0 saturated carbocycles. The van der Waals surface area contributed by atoms with Gasteiger partial charge in [-0.2, -0.15) is 0 Å². The molecule has 174 valence electrons. The Kier molecular flexibility index (Phi) is 6.28. The minimum Gasteiger partial charge on any atom is -0.264 e. The molecule has 3 heteroatoms. The van der Waals surface area contributed by atoms with Gasteiger partial charge in [0.15, 0.2) is 0 Å². The maximum Gasteiger partial charge on any atom is 0.0846 e. The zero-order chi connectivity index (χ0) is 24.0. The summed E-state index contributed by atoms with van der Waals surface area (Å²) in [7, 11) is 0. The van der Waals surface area contributed by atoms with Crippen LogP contribution in [0.4, 0.5) is 5.69 Å². The monoisotopic (exact) mass is 441 g/mol. The van der Waals surface area contributed by atoms with E-state index in [9.17, 15) is 0 Å². The van der Waals surface area contributed by atoms with Crippen LogP contribution < -0.4 is 10.5 Å². The molecule has 2 heterocycles. The smallest absolute Gasteiger partial charge is 0.0846 e. The van der Waals surface area contributed by atoms with Crippen LogP contribution in [-0.4, -0.2) is 5.01 Å². The number of anilines is 1. The van der Waals surface area contributed by atoms with Crippen molar-refractivity contribution in [2.75, 3.05) is 5.01 Å². The molecule has 0 bridgehead atoms. The summed E-state index contributed by atoms with van der Waals surface area (Å²) in [6.45, 7) is 20.4. The molecule has 2 aromatic carbocycles. The molecule has 1 N–H and O–H groups in total. The molecule has 0 amide bonds. The van der Waals surface area contributed by atoms with Crippen LogP contribution in [0.15, 0.2) is 54.5 Å². The molecule has 2 aliphatic rings. The number of fused-ring (bicyclic) bond motifs is 1. The highest BCUT2D eigenvalue weighted by Crippen LogP contribution is 2.42. The minimum absolute atomic E-state index is 0.448. The van der Waals surface area contributed by atoms with Crippen molar-refractivity contribution < 1.29 is 0 Å². The van der Waals surface area contributed by atoms with Crippen LogP contribution in [0.1, 0.15) is 98.2 Å². The Labute approximate surface area is 200 Å². The molecule has 0 saturated heterocycles. The van der Waals surface area contributed by atoms with Crippen LogP contribution in [0, 0.1) is 20.8 Å². The van der Waals surface area contributed by atoms with E-state index < -0.39 is 0 Å². The molecule has 0 radical (unpaired) electrons. The number of benzene rings is 2. The van der Waals surface area contributed by atoms with Gasteiger partial charge in [0, 0.05) is 18.0 Å². The fraction of sp³-hybridized carbons (Fsp3) is 0.400. The Morgan fingerprint density at radius 3 is 1.82 bits per heavy atom. The van der Waals surface area contributed by atoms with Crippen molar-refractivity contribution in [1.82, 2.24) is 10.5 Å². The summed E-state index contributed by atoms with van der Waals surface area (Å²) < 4.78 is 0. The number of hydrogen-bond donors (Lipinski definition) is 1. The Hall–Kier alpha value is -2.78. The summed E-state index contributed by atoms with van der Waals surface area (Å²) in [5.74, 6) is 1.41. The predicted octanol–water partition coefficient (Wildman–Crippen LogP) is 7.98. The molecular formula is C30H39N3. The highest BCUT2D eigenvalue weighted by atomic mass is 15.8. The lowest BCUT2D eigenvalue weighted by Gasteiger charge is -2.29. The van der Waals surface area contributed by atoms with Crippen molar-refractivity contribution in [3.05, 3.63) is 93.5 Å². The molecule has 0 aromatic heterocycles. The Morgan fingerprint density at radius 1 is 0.727 bits per heavy atom. The third-order valence-corrected chi connectivity index (χ3v) is 6.78. The van der Waals surface area contributed by atoms with E-state index in [1.54, 1.807) is 0 Å². The minimum atomic E-state index is 0.448. The Morgan fingerprint density at radius 2 is 1.30 bits per heavy atom. The van der Waals surface area contributed by atoms with Crippen molar-refractivity contribution in [1.29, 1.82) is 0 Å². The van der Waals surface area contributed by atoms with Gasteiger partial charge in [-0.05, 0) is 78.0 Å². The van der Waals surface area contributed by atoms with Crippen LogP contribution in [0.5, 0.6) is 0 Å².